The molecule has 0 radical (unpaired) electrons. The SMILES string of the molecule is CC(C)(C)/C(O)=C/C(N)=NC(=O)CCl. The van der Waals surface area contributed by atoms with E-state index in [9.17, 15) is 9.90 Å². The second-order valence-corrected chi connectivity index (χ2v) is 4.11. The molecule has 0 heterocycles. The number of allylic oxidation sites excluding steroid dienone is 1. The van der Waals surface area contributed by atoms with E-state index < -0.39 is 11.3 Å². The van der Waals surface area contributed by atoms with E-state index in [2.05, 4.69) is 4.99 Å². The van der Waals surface area contributed by atoms with Crippen LogP contribution in [0.3, 0.4) is 0 Å². The summed E-state index contributed by atoms with van der Waals surface area (Å²) in [7, 11) is 0. The van der Waals surface area contributed by atoms with Crippen molar-refractivity contribution in [3.05, 3.63) is 11.8 Å². The van der Waals surface area contributed by atoms with Crippen molar-refractivity contribution in [3.8, 4) is 0 Å². The molecule has 0 bridgehead atoms. The van der Waals surface area contributed by atoms with Crippen LogP contribution >= 0.6 is 11.6 Å². The van der Waals surface area contributed by atoms with Crippen molar-refractivity contribution in [1.29, 1.82) is 0 Å². The second kappa shape index (κ2) is 5.00. The van der Waals surface area contributed by atoms with E-state index in [0.29, 0.717) is 0 Å². The summed E-state index contributed by atoms with van der Waals surface area (Å²) < 4.78 is 0. The molecule has 1 amide bonds. The fraction of sp³-hybridized carbons (Fsp3) is 0.556. The first kappa shape index (κ1) is 13.0. The Morgan fingerprint density at radius 1 is 1.57 bits per heavy atom. The Balaban J connectivity index is 4.67. The molecule has 0 aliphatic rings. The van der Waals surface area contributed by atoms with E-state index in [1.807, 2.05) is 20.8 Å². The van der Waals surface area contributed by atoms with Crippen LogP contribution in [-0.4, -0.2) is 22.7 Å². The smallest absolute Gasteiger partial charge is 0.262 e. The third-order valence-corrected chi connectivity index (χ3v) is 1.65. The van der Waals surface area contributed by atoms with E-state index in [1.54, 1.807) is 0 Å². The van der Waals surface area contributed by atoms with Gasteiger partial charge in [-0.1, -0.05) is 20.8 Å². The summed E-state index contributed by atoms with van der Waals surface area (Å²) in [4.78, 5) is 14.2. The first-order valence-corrected chi connectivity index (χ1v) is 4.65. The molecule has 80 valence electrons. The van der Waals surface area contributed by atoms with Crippen molar-refractivity contribution in [3.63, 3.8) is 0 Å². The third kappa shape index (κ3) is 4.87. The van der Waals surface area contributed by atoms with Gasteiger partial charge in [0.1, 0.15) is 17.5 Å². The molecule has 0 atom stereocenters. The summed E-state index contributed by atoms with van der Waals surface area (Å²) in [6.07, 6.45) is 1.25. The highest BCUT2D eigenvalue weighted by molar-refractivity contribution is 6.28. The lowest BCUT2D eigenvalue weighted by Crippen LogP contribution is -2.17. The first-order valence-electron chi connectivity index (χ1n) is 4.11. The molecule has 4 nitrogen and oxygen atoms in total. The standard InChI is InChI=1S/C9H15ClN2O2/c1-9(2,3)6(13)4-7(11)12-8(14)5-10/h4,13H,5H2,1-3H3,(H2,11,12,14)/b6-4-. The van der Waals surface area contributed by atoms with Crippen LogP contribution in [0.5, 0.6) is 0 Å². The third-order valence-electron chi connectivity index (χ3n) is 1.42. The summed E-state index contributed by atoms with van der Waals surface area (Å²) in [6, 6.07) is 0. The van der Waals surface area contributed by atoms with Crippen LogP contribution in [0, 0.1) is 5.41 Å². The Bertz CT molecular complexity index is 277. The van der Waals surface area contributed by atoms with Gasteiger partial charge in [-0.05, 0) is 0 Å². The van der Waals surface area contributed by atoms with Crippen LogP contribution in [0.4, 0.5) is 0 Å². The number of aliphatic hydroxyl groups is 1. The molecule has 14 heavy (non-hydrogen) atoms. The average Bonchev–Trinajstić information content (AvgIpc) is 2.02. The van der Waals surface area contributed by atoms with Crippen molar-refractivity contribution < 1.29 is 9.90 Å². The van der Waals surface area contributed by atoms with Crippen LogP contribution in [0.2, 0.25) is 0 Å². The molecule has 0 unspecified atom stereocenters. The number of hydrogen-bond acceptors (Lipinski definition) is 2. The number of aliphatic imine (C=N–C) groups is 1. The lowest BCUT2D eigenvalue weighted by Gasteiger charge is -2.16. The minimum Gasteiger partial charge on any atom is -0.512 e. The maximum atomic E-state index is 10.7. The van der Waals surface area contributed by atoms with Crippen LogP contribution in [0.25, 0.3) is 0 Å². The summed E-state index contributed by atoms with van der Waals surface area (Å²) in [5, 5.41) is 9.50. The molecule has 0 aliphatic heterocycles. The molecule has 0 aromatic rings. The highest BCUT2D eigenvalue weighted by Crippen LogP contribution is 2.21. The molecule has 0 fully saturated rings. The summed E-state index contributed by atoms with van der Waals surface area (Å²) in [6.45, 7) is 5.44. The number of aliphatic hydroxyl groups excluding tert-OH is 1. The van der Waals surface area contributed by atoms with Crippen LogP contribution in [0.15, 0.2) is 16.8 Å². The maximum Gasteiger partial charge on any atom is 0.262 e. The first-order chi connectivity index (χ1) is 6.27. The number of carbonyl (C=O) groups excluding carboxylic acids is 1. The maximum absolute atomic E-state index is 10.7. The van der Waals surface area contributed by atoms with Gasteiger partial charge in [-0.3, -0.25) is 4.79 Å². The molecule has 3 N–H and O–H groups in total. The lowest BCUT2D eigenvalue weighted by atomic mass is 9.93. The number of amides is 1. The fourth-order valence-electron chi connectivity index (χ4n) is 0.563. The Kier molecular flexibility index (Phi) is 4.63. The molecule has 0 saturated heterocycles. The second-order valence-electron chi connectivity index (χ2n) is 3.84. The Hall–Kier alpha value is -1.03. The molecule has 0 spiro atoms. The van der Waals surface area contributed by atoms with Gasteiger partial charge in [-0.15, -0.1) is 11.6 Å². The van der Waals surface area contributed by atoms with E-state index in [0.717, 1.165) is 0 Å². The Morgan fingerprint density at radius 3 is 2.43 bits per heavy atom. The highest BCUT2D eigenvalue weighted by atomic mass is 35.5. The molecular weight excluding hydrogens is 204 g/mol. The van der Waals surface area contributed by atoms with Gasteiger partial charge in [-0.2, -0.15) is 4.99 Å². The number of halogens is 1. The molecule has 0 rings (SSSR count). The van der Waals surface area contributed by atoms with Gasteiger partial charge in [0.25, 0.3) is 5.91 Å². The van der Waals surface area contributed by atoms with Crippen LogP contribution < -0.4 is 5.73 Å². The predicted molar refractivity (Wildman–Crippen MR) is 57.5 cm³/mol. The molecular formula is C9H15ClN2O2. The Labute approximate surface area is 88.5 Å². The van der Waals surface area contributed by atoms with Crippen LogP contribution in [0.1, 0.15) is 20.8 Å². The fourth-order valence-corrected chi connectivity index (χ4v) is 0.622. The number of alkyl halides is 1. The number of hydrogen-bond donors (Lipinski definition) is 2. The Morgan fingerprint density at radius 2 is 2.07 bits per heavy atom. The topological polar surface area (TPSA) is 75.7 Å². The highest BCUT2D eigenvalue weighted by Gasteiger charge is 2.16. The minimum atomic E-state index is -0.526. The summed E-state index contributed by atoms with van der Waals surface area (Å²) in [5.41, 5.74) is 4.97. The molecule has 0 aromatic heterocycles. The van der Waals surface area contributed by atoms with Gasteiger partial charge in [0.05, 0.1) is 0 Å². The lowest BCUT2D eigenvalue weighted by molar-refractivity contribution is -0.115. The van der Waals surface area contributed by atoms with Crippen molar-refractivity contribution in [2.75, 3.05) is 5.88 Å². The van der Waals surface area contributed by atoms with Gasteiger partial charge >= 0.3 is 0 Å². The summed E-state index contributed by atoms with van der Waals surface area (Å²) >= 11 is 5.23. The molecule has 0 aromatic carbocycles. The molecule has 0 aliphatic carbocycles. The zero-order valence-corrected chi connectivity index (χ0v) is 9.30. The zero-order chi connectivity index (χ0) is 11.4. The van der Waals surface area contributed by atoms with E-state index in [4.69, 9.17) is 17.3 Å². The van der Waals surface area contributed by atoms with E-state index in [-0.39, 0.29) is 17.5 Å². The minimum absolute atomic E-state index is 0.0388. The molecule has 0 saturated carbocycles. The van der Waals surface area contributed by atoms with Crippen molar-refractivity contribution >= 4 is 23.3 Å². The van der Waals surface area contributed by atoms with E-state index >= 15 is 0 Å². The quantitative estimate of drug-likeness (QED) is 0.320. The van der Waals surface area contributed by atoms with Crippen LogP contribution in [-0.2, 0) is 4.79 Å². The predicted octanol–water partition coefficient (Wildman–Crippen LogP) is 1.60. The zero-order valence-electron chi connectivity index (χ0n) is 8.54. The van der Waals surface area contributed by atoms with Crippen molar-refractivity contribution in [2.24, 2.45) is 16.1 Å². The normalized spacial score (nSPS) is 14.3. The number of nitrogens with two attached hydrogens (primary N) is 1. The number of amidine groups is 1. The van der Waals surface area contributed by atoms with Gasteiger partial charge in [0, 0.05) is 11.5 Å². The van der Waals surface area contributed by atoms with Crippen molar-refractivity contribution in [1.82, 2.24) is 0 Å². The number of carbonyl (C=O) groups is 1. The van der Waals surface area contributed by atoms with Gasteiger partial charge in [0.15, 0.2) is 0 Å². The number of rotatable bonds is 2. The summed E-state index contributed by atoms with van der Waals surface area (Å²) in [5.74, 6) is -0.712. The molecule has 5 heteroatoms. The van der Waals surface area contributed by atoms with E-state index in [1.165, 1.54) is 6.08 Å². The monoisotopic (exact) mass is 218 g/mol. The van der Waals surface area contributed by atoms with Gasteiger partial charge in [0.2, 0.25) is 0 Å². The average molecular weight is 219 g/mol. The van der Waals surface area contributed by atoms with Gasteiger partial charge < -0.3 is 10.8 Å². The largest absolute Gasteiger partial charge is 0.512 e. The van der Waals surface area contributed by atoms with Gasteiger partial charge in [-0.25, -0.2) is 0 Å². The number of nitrogens with zero attached hydrogens (tertiary/aromatic N) is 1. The van der Waals surface area contributed by atoms with Crippen molar-refractivity contribution in [2.45, 2.75) is 20.8 Å².